The molecule has 0 bridgehead atoms. The molecule has 1 N–H and O–H groups in total. The normalized spacial score (nSPS) is 16.2. The molecule has 1 aliphatic rings. The Morgan fingerprint density at radius 2 is 2.00 bits per heavy atom. The van der Waals surface area contributed by atoms with E-state index in [0.29, 0.717) is 25.7 Å². The van der Waals surface area contributed by atoms with Crippen LogP contribution in [0.25, 0.3) is 0 Å². The zero-order chi connectivity index (χ0) is 13.8. The number of ketones is 1. The first kappa shape index (κ1) is 13.6. The molecule has 0 unspecified atom stereocenters. The van der Waals surface area contributed by atoms with Crippen LogP contribution in [0.4, 0.5) is 5.69 Å². The summed E-state index contributed by atoms with van der Waals surface area (Å²) in [5.74, 6) is 1.04. The van der Waals surface area contributed by atoms with Gasteiger partial charge in [0, 0.05) is 24.4 Å². The van der Waals surface area contributed by atoms with E-state index < -0.39 is 0 Å². The Kier molecular flexibility index (Phi) is 4.20. The maximum absolute atomic E-state index is 12.1. The number of benzene rings is 1. The molecule has 1 saturated carbocycles. The SMILES string of the molecule is COc1ccc(NC(=O)C2CCC(=O)CC2)cc1C. The molecule has 0 aliphatic heterocycles. The van der Waals surface area contributed by atoms with Crippen LogP contribution in [0, 0.1) is 12.8 Å². The quantitative estimate of drug-likeness (QED) is 0.910. The number of nitrogens with one attached hydrogen (secondary N) is 1. The van der Waals surface area contributed by atoms with E-state index in [0.717, 1.165) is 17.0 Å². The number of carbonyl (C=O) groups is 2. The van der Waals surface area contributed by atoms with E-state index in [4.69, 9.17) is 4.74 Å². The van der Waals surface area contributed by atoms with Crippen molar-refractivity contribution in [1.82, 2.24) is 0 Å². The van der Waals surface area contributed by atoms with E-state index in [2.05, 4.69) is 5.32 Å². The van der Waals surface area contributed by atoms with Crippen molar-refractivity contribution in [2.75, 3.05) is 12.4 Å². The van der Waals surface area contributed by atoms with Gasteiger partial charge in [0.25, 0.3) is 0 Å². The number of aryl methyl sites for hydroxylation is 1. The van der Waals surface area contributed by atoms with Crippen LogP contribution in [-0.4, -0.2) is 18.8 Å². The van der Waals surface area contributed by atoms with Crippen LogP contribution in [0.1, 0.15) is 31.2 Å². The van der Waals surface area contributed by atoms with Gasteiger partial charge in [-0.1, -0.05) is 0 Å². The largest absolute Gasteiger partial charge is 0.496 e. The number of rotatable bonds is 3. The minimum Gasteiger partial charge on any atom is -0.496 e. The van der Waals surface area contributed by atoms with Gasteiger partial charge < -0.3 is 10.1 Å². The summed E-state index contributed by atoms with van der Waals surface area (Å²) in [5, 5.41) is 2.91. The molecule has 1 amide bonds. The second-order valence-corrected chi connectivity index (χ2v) is 4.99. The lowest BCUT2D eigenvalue weighted by atomic mass is 9.88. The van der Waals surface area contributed by atoms with Crippen molar-refractivity contribution in [3.63, 3.8) is 0 Å². The van der Waals surface area contributed by atoms with Crippen molar-refractivity contribution in [2.24, 2.45) is 5.92 Å². The Morgan fingerprint density at radius 3 is 2.58 bits per heavy atom. The molecule has 1 fully saturated rings. The standard InChI is InChI=1S/C15H19NO3/c1-10-9-12(5-8-14(10)19-2)16-15(18)11-3-6-13(17)7-4-11/h5,8-9,11H,3-4,6-7H2,1-2H3,(H,16,18). The second kappa shape index (κ2) is 5.87. The Balaban J connectivity index is 1.99. The van der Waals surface area contributed by atoms with Gasteiger partial charge in [0.15, 0.2) is 0 Å². The maximum atomic E-state index is 12.1. The van der Waals surface area contributed by atoms with Crippen LogP contribution < -0.4 is 10.1 Å². The fourth-order valence-corrected chi connectivity index (χ4v) is 2.40. The van der Waals surface area contributed by atoms with Crippen molar-refractivity contribution in [3.05, 3.63) is 23.8 Å². The minimum absolute atomic E-state index is 0.0112. The van der Waals surface area contributed by atoms with Gasteiger partial charge in [0.1, 0.15) is 11.5 Å². The van der Waals surface area contributed by atoms with E-state index in [1.54, 1.807) is 7.11 Å². The first-order chi connectivity index (χ1) is 9.10. The third-order valence-electron chi connectivity index (χ3n) is 3.58. The van der Waals surface area contributed by atoms with Gasteiger partial charge in [-0.2, -0.15) is 0 Å². The van der Waals surface area contributed by atoms with Crippen LogP contribution in [0.3, 0.4) is 0 Å². The Labute approximate surface area is 113 Å². The summed E-state index contributed by atoms with van der Waals surface area (Å²) >= 11 is 0. The number of ether oxygens (including phenoxy) is 1. The molecule has 4 heteroatoms. The summed E-state index contributed by atoms with van der Waals surface area (Å²) in [7, 11) is 1.62. The van der Waals surface area contributed by atoms with Gasteiger partial charge in [-0.05, 0) is 43.5 Å². The fourth-order valence-electron chi connectivity index (χ4n) is 2.40. The zero-order valence-electron chi connectivity index (χ0n) is 11.4. The summed E-state index contributed by atoms with van der Waals surface area (Å²) in [5.41, 5.74) is 1.76. The summed E-state index contributed by atoms with van der Waals surface area (Å²) in [6.07, 6.45) is 2.39. The highest BCUT2D eigenvalue weighted by molar-refractivity contribution is 5.94. The van der Waals surface area contributed by atoms with Gasteiger partial charge in [0.05, 0.1) is 7.11 Å². The van der Waals surface area contributed by atoms with Crippen molar-refractivity contribution >= 4 is 17.4 Å². The number of carbonyl (C=O) groups excluding carboxylic acids is 2. The van der Waals surface area contributed by atoms with Gasteiger partial charge in [0.2, 0.25) is 5.91 Å². The smallest absolute Gasteiger partial charge is 0.227 e. The topological polar surface area (TPSA) is 55.4 Å². The number of methoxy groups -OCH3 is 1. The predicted octanol–water partition coefficient (Wildman–Crippen LogP) is 2.70. The molecule has 1 aromatic carbocycles. The lowest BCUT2D eigenvalue weighted by Crippen LogP contribution is -2.27. The number of Topliss-reactive ketones (excluding diaryl/α,β-unsaturated/α-hetero) is 1. The van der Waals surface area contributed by atoms with Crippen molar-refractivity contribution < 1.29 is 14.3 Å². The monoisotopic (exact) mass is 261 g/mol. The van der Waals surface area contributed by atoms with Crippen LogP contribution in [-0.2, 0) is 9.59 Å². The number of anilines is 1. The molecule has 0 radical (unpaired) electrons. The minimum atomic E-state index is -0.0416. The van der Waals surface area contributed by atoms with Crippen LogP contribution in [0.5, 0.6) is 5.75 Å². The second-order valence-electron chi connectivity index (χ2n) is 4.99. The Bertz CT molecular complexity index is 486. The van der Waals surface area contributed by atoms with Crippen LogP contribution >= 0.6 is 0 Å². The molecule has 0 spiro atoms. The molecule has 1 aromatic rings. The molecule has 0 aromatic heterocycles. The van der Waals surface area contributed by atoms with Crippen molar-refractivity contribution in [2.45, 2.75) is 32.6 Å². The average Bonchev–Trinajstić information content (AvgIpc) is 2.39. The van der Waals surface area contributed by atoms with Crippen LogP contribution in [0.15, 0.2) is 18.2 Å². The molecule has 102 valence electrons. The molecule has 4 nitrogen and oxygen atoms in total. The summed E-state index contributed by atoms with van der Waals surface area (Å²) in [4.78, 5) is 23.2. The third kappa shape index (κ3) is 3.34. The summed E-state index contributed by atoms with van der Waals surface area (Å²) in [6.45, 7) is 1.94. The van der Waals surface area contributed by atoms with E-state index >= 15 is 0 Å². The highest BCUT2D eigenvalue weighted by atomic mass is 16.5. The van der Waals surface area contributed by atoms with E-state index in [1.807, 2.05) is 25.1 Å². The first-order valence-electron chi connectivity index (χ1n) is 6.57. The van der Waals surface area contributed by atoms with Crippen LogP contribution in [0.2, 0.25) is 0 Å². The Hall–Kier alpha value is -1.84. The lowest BCUT2D eigenvalue weighted by molar-refractivity contribution is -0.125. The fraction of sp³-hybridized carbons (Fsp3) is 0.467. The number of hydrogen-bond acceptors (Lipinski definition) is 3. The molecule has 2 rings (SSSR count). The zero-order valence-corrected chi connectivity index (χ0v) is 11.4. The molecular formula is C15H19NO3. The van der Waals surface area contributed by atoms with E-state index in [1.165, 1.54) is 0 Å². The molecule has 19 heavy (non-hydrogen) atoms. The van der Waals surface area contributed by atoms with E-state index in [-0.39, 0.29) is 17.6 Å². The molecular weight excluding hydrogens is 242 g/mol. The van der Waals surface area contributed by atoms with Gasteiger partial charge >= 0.3 is 0 Å². The van der Waals surface area contributed by atoms with Gasteiger partial charge in [-0.3, -0.25) is 9.59 Å². The highest BCUT2D eigenvalue weighted by Crippen LogP contribution is 2.25. The van der Waals surface area contributed by atoms with Gasteiger partial charge in [-0.15, -0.1) is 0 Å². The molecule has 0 atom stereocenters. The third-order valence-corrected chi connectivity index (χ3v) is 3.58. The van der Waals surface area contributed by atoms with Gasteiger partial charge in [-0.25, -0.2) is 0 Å². The first-order valence-corrected chi connectivity index (χ1v) is 6.57. The van der Waals surface area contributed by atoms with E-state index in [9.17, 15) is 9.59 Å². The molecule has 0 saturated heterocycles. The highest BCUT2D eigenvalue weighted by Gasteiger charge is 2.24. The van der Waals surface area contributed by atoms with Crippen molar-refractivity contribution in [3.8, 4) is 5.75 Å². The van der Waals surface area contributed by atoms with Crippen molar-refractivity contribution in [1.29, 1.82) is 0 Å². The number of hydrogen-bond donors (Lipinski definition) is 1. The molecule has 0 heterocycles. The lowest BCUT2D eigenvalue weighted by Gasteiger charge is -2.20. The summed E-state index contributed by atoms with van der Waals surface area (Å²) < 4.78 is 5.18. The Morgan fingerprint density at radius 1 is 1.32 bits per heavy atom. The molecule has 1 aliphatic carbocycles. The number of amides is 1. The predicted molar refractivity (Wildman–Crippen MR) is 73.3 cm³/mol. The average molecular weight is 261 g/mol. The maximum Gasteiger partial charge on any atom is 0.227 e. The summed E-state index contributed by atoms with van der Waals surface area (Å²) in [6, 6.07) is 5.57.